The Bertz CT molecular complexity index is 562. The van der Waals surface area contributed by atoms with Gasteiger partial charge in [0.05, 0.1) is 13.0 Å². The first-order valence-electron chi connectivity index (χ1n) is 7.87. The number of aliphatic carboxylic acids is 1. The van der Waals surface area contributed by atoms with Gasteiger partial charge in [0.2, 0.25) is 23.6 Å². The lowest BCUT2D eigenvalue weighted by molar-refractivity contribution is -0.142. The Labute approximate surface area is 166 Å². The quantitative estimate of drug-likeness (QED) is 0.153. The van der Waals surface area contributed by atoms with Gasteiger partial charge in [-0.25, -0.2) is 4.79 Å². The second kappa shape index (κ2) is 13.2. The van der Waals surface area contributed by atoms with Crippen LogP contribution in [0.5, 0.6) is 0 Å². The van der Waals surface area contributed by atoms with Crippen molar-refractivity contribution in [2.24, 2.45) is 11.5 Å². The van der Waals surface area contributed by atoms with E-state index in [4.69, 9.17) is 11.5 Å². The van der Waals surface area contributed by atoms with Crippen LogP contribution in [0.4, 0.5) is 0 Å². The fraction of sp³-hybridized carbons (Fsp3) is 0.643. The van der Waals surface area contributed by atoms with Crippen LogP contribution >= 0.6 is 24.4 Å². The molecule has 4 amide bonds. The first-order chi connectivity index (χ1) is 12.7. The third-order valence-corrected chi connectivity index (χ3v) is 4.29. The Kier molecular flexibility index (Phi) is 12.2. The van der Waals surface area contributed by atoms with E-state index in [9.17, 15) is 29.1 Å². The number of hydrogen-bond donors (Lipinski definition) is 7. The molecule has 3 atom stereocenters. The summed E-state index contributed by atoms with van der Waals surface area (Å²) in [5, 5.41) is 16.0. The van der Waals surface area contributed by atoms with Gasteiger partial charge in [0.15, 0.2) is 0 Å². The minimum absolute atomic E-state index is 0.0893. The van der Waals surface area contributed by atoms with E-state index in [0.29, 0.717) is 5.75 Å². The van der Waals surface area contributed by atoms with Gasteiger partial charge >= 0.3 is 5.97 Å². The zero-order chi connectivity index (χ0) is 21.0. The standard InChI is InChI=1S/C14H25N5O6S2/c1-27-3-2-7(14(24)25)18-12(22)8(4-10(16)20)19-13(23)9(6-26)17-11(21)5-15/h7-9,26H,2-6,15H2,1H3,(H2,16,20)(H,17,21)(H,18,22)(H,19,23)(H,24,25). The van der Waals surface area contributed by atoms with Gasteiger partial charge in [-0.2, -0.15) is 24.4 Å². The lowest BCUT2D eigenvalue weighted by Crippen LogP contribution is -2.57. The molecule has 0 aliphatic carbocycles. The third kappa shape index (κ3) is 10.1. The summed E-state index contributed by atoms with van der Waals surface area (Å²) in [5.41, 5.74) is 10.3. The molecule has 0 saturated heterocycles. The summed E-state index contributed by atoms with van der Waals surface area (Å²) in [6.45, 7) is -0.349. The van der Waals surface area contributed by atoms with Crippen LogP contribution in [0.2, 0.25) is 0 Å². The molecule has 0 saturated carbocycles. The van der Waals surface area contributed by atoms with Crippen molar-refractivity contribution in [2.75, 3.05) is 24.3 Å². The Morgan fingerprint density at radius 2 is 1.59 bits per heavy atom. The Balaban J connectivity index is 5.15. The van der Waals surface area contributed by atoms with Crippen LogP contribution in [0.15, 0.2) is 0 Å². The van der Waals surface area contributed by atoms with Gasteiger partial charge in [-0.1, -0.05) is 0 Å². The minimum Gasteiger partial charge on any atom is -0.480 e. The normalized spacial score (nSPS) is 13.7. The van der Waals surface area contributed by atoms with Crippen molar-refractivity contribution < 1.29 is 29.1 Å². The van der Waals surface area contributed by atoms with Crippen molar-refractivity contribution in [3.05, 3.63) is 0 Å². The number of thioether (sulfide) groups is 1. The molecule has 13 heteroatoms. The van der Waals surface area contributed by atoms with Crippen molar-refractivity contribution in [1.82, 2.24) is 16.0 Å². The first kappa shape index (κ1) is 25.0. The first-order valence-corrected chi connectivity index (χ1v) is 9.89. The fourth-order valence-electron chi connectivity index (χ4n) is 1.90. The van der Waals surface area contributed by atoms with E-state index in [2.05, 4.69) is 28.6 Å². The average Bonchev–Trinajstić information content (AvgIpc) is 2.61. The molecule has 0 aromatic rings. The smallest absolute Gasteiger partial charge is 0.326 e. The van der Waals surface area contributed by atoms with Crippen LogP contribution in [-0.4, -0.2) is 77.1 Å². The number of primary amides is 1. The van der Waals surface area contributed by atoms with E-state index >= 15 is 0 Å². The number of nitrogens with one attached hydrogen (secondary N) is 3. The van der Waals surface area contributed by atoms with Gasteiger partial charge < -0.3 is 32.5 Å². The van der Waals surface area contributed by atoms with E-state index in [1.165, 1.54) is 11.8 Å². The second-order valence-corrected chi connectivity index (χ2v) is 6.77. The molecule has 0 rings (SSSR count). The Morgan fingerprint density at radius 3 is 2.04 bits per heavy atom. The van der Waals surface area contributed by atoms with Crippen LogP contribution in [-0.2, 0) is 24.0 Å². The van der Waals surface area contributed by atoms with Crippen LogP contribution in [0, 0.1) is 0 Å². The molecule has 154 valence electrons. The van der Waals surface area contributed by atoms with E-state index in [1.807, 2.05) is 0 Å². The van der Waals surface area contributed by atoms with E-state index in [1.54, 1.807) is 6.26 Å². The zero-order valence-corrected chi connectivity index (χ0v) is 16.5. The van der Waals surface area contributed by atoms with E-state index in [-0.39, 0.29) is 18.7 Å². The molecule has 0 radical (unpaired) electrons. The molecule has 0 aromatic heterocycles. The molecule has 0 spiro atoms. The number of carboxylic acids is 1. The van der Waals surface area contributed by atoms with Crippen molar-refractivity contribution in [1.29, 1.82) is 0 Å². The number of carbonyl (C=O) groups is 5. The third-order valence-electron chi connectivity index (χ3n) is 3.28. The predicted octanol–water partition coefficient (Wildman–Crippen LogP) is -2.96. The molecule has 11 nitrogen and oxygen atoms in total. The topological polar surface area (TPSA) is 194 Å². The van der Waals surface area contributed by atoms with Gasteiger partial charge in [0.25, 0.3) is 0 Å². The lowest BCUT2D eigenvalue weighted by atomic mass is 10.1. The summed E-state index contributed by atoms with van der Waals surface area (Å²) >= 11 is 5.35. The highest BCUT2D eigenvalue weighted by atomic mass is 32.2. The molecule has 0 aliphatic rings. The molecule has 0 heterocycles. The molecular weight excluding hydrogens is 398 g/mol. The van der Waals surface area contributed by atoms with Crippen LogP contribution in [0.25, 0.3) is 0 Å². The monoisotopic (exact) mass is 423 g/mol. The fourth-order valence-corrected chi connectivity index (χ4v) is 2.62. The van der Waals surface area contributed by atoms with Crippen molar-refractivity contribution in [3.8, 4) is 0 Å². The summed E-state index contributed by atoms with van der Waals surface area (Å²) in [7, 11) is 0. The highest BCUT2D eigenvalue weighted by Crippen LogP contribution is 2.03. The predicted molar refractivity (Wildman–Crippen MR) is 103 cm³/mol. The van der Waals surface area contributed by atoms with Crippen molar-refractivity contribution in [2.45, 2.75) is 31.0 Å². The Morgan fingerprint density at radius 1 is 1.04 bits per heavy atom. The van der Waals surface area contributed by atoms with Gasteiger partial charge in [-0.3, -0.25) is 19.2 Å². The number of carbonyl (C=O) groups excluding carboxylic acids is 4. The molecule has 0 aromatic carbocycles. The maximum atomic E-state index is 12.4. The molecule has 0 aliphatic heterocycles. The molecule has 27 heavy (non-hydrogen) atoms. The molecule has 0 fully saturated rings. The van der Waals surface area contributed by atoms with Crippen molar-refractivity contribution >= 4 is 54.0 Å². The van der Waals surface area contributed by atoms with Gasteiger partial charge in [0.1, 0.15) is 18.1 Å². The zero-order valence-electron chi connectivity index (χ0n) is 14.8. The summed E-state index contributed by atoms with van der Waals surface area (Å²) in [6, 6.07) is -3.68. The number of thiol groups is 1. The van der Waals surface area contributed by atoms with E-state index < -0.39 is 54.1 Å². The minimum atomic E-state index is -1.40. The number of nitrogens with two attached hydrogens (primary N) is 2. The largest absolute Gasteiger partial charge is 0.480 e. The van der Waals surface area contributed by atoms with Crippen LogP contribution in [0.3, 0.4) is 0 Å². The summed E-state index contributed by atoms with van der Waals surface area (Å²) in [4.78, 5) is 58.4. The lowest BCUT2D eigenvalue weighted by Gasteiger charge is -2.23. The molecule has 0 bridgehead atoms. The van der Waals surface area contributed by atoms with Crippen LogP contribution in [0.1, 0.15) is 12.8 Å². The van der Waals surface area contributed by atoms with Crippen molar-refractivity contribution in [3.63, 3.8) is 0 Å². The maximum Gasteiger partial charge on any atom is 0.326 e. The summed E-state index contributed by atoms with van der Waals surface area (Å²) in [6.07, 6.45) is 1.39. The van der Waals surface area contributed by atoms with Crippen LogP contribution < -0.4 is 27.4 Å². The molecule has 3 unspecified atom stereocenters. The highest BCUT2D eigenvalue weighted by Gasteiger charge is 2.29. The number of hydrogen-bond acceptors (Lipinski definition) is 8. The van der Waals surface area contributed by atoms with Gasteiger partial charge in [-0.05, 0) is 18.4 Å². The molecule has 8 N–H and O–H groups in total. The number of amides is 4. The van der Waals surface area contributed by atoms with Gasteiger partial charge in [-0.15, -0.1) is 0 Å². The number of rotatable bonds is 13. The molecular formula is C14H25N5O6S2. The average molecular weight is 424 g/mol. The SMILES string of the molecule is CSCCC(NC(=O)C(CC(N)=O)NC(=O)C(CS)NC(=O)CN)C(=O)O. The summed E-state index contributed by atoms with van der Waals surface area (Å²) < 4.78 is 0. The maximum absolute atomic E-state index is 12.4. The van der Waals surface area contributed by atoms with E-state index in [0.717, 1.165) is 0 Å². The second-order valence-electron chi connectivity index (χ2n) is 5.42. The highest BCUT2D eigenvalue weighted by molar-refractivity contribution is 7.98. The summed E-state index contributed by atoms with van der Waals surface area (Å²) in [5.74, 6) is -4.00. The van der Waals surface area contributed by atoms with Gasteiger partial charge in [0, 0.05) is 5.75 Å². The number of carboxylic acid groups (broad SMARTS) is 1. The Hall–Kier alpha value is -1.99.